The predicted molar refractivity (Wildman–Crippen MR) is 216 cm³/mol. The fourth-order valence-electron chi connectivity index (χ4n) is 5.56. The molecule has 0 aromatic heterocycles. The number of rotatable bonds is 37. The van der Waals surface area contributed by atoms with Crippen LogP contribution in [0.2, 0.25) is 0 Å². The molecule has 0 amide bonds. The van der Waals surface area contributed by atoms with E-state index in [2.05, 4.69) is 67.0 Å². The first kappa shape index (κ1) is 50.4. The summed E-state index contributed by atoms with van der Waals surface area (Å²) in [6.07, 6.45) is 37.7. The zero-order valence-electron chi connectivity index (χ0n) is 33.7. The summed E-state index contributed by atoms with van der Waals surface area (Å²) in [5.41, 5.74) is 5.32. The van der Waals surface area contributed by atoms with Gasteiger partial charge in [-0.25, -0.2) is 4.57 Å². The van der Waals surface area contributed by atoms with Crippen LogP contribution in [0.15, 0.2) is 48.6 Å². The van der Waals surface area contributed by atoms with Crippen molar-refractivity contribution in [3.05, 3.63) is 48.6 Å². The van der Waals surface area contributed by atoms with Crippen molar-refractivity contribution in [3.63, 3.8) is 0 Å². The summed E-state index contributed by atoms with van der Waals surface area (Å²) in [7, 11) is -4.74. The number of aliphatic carboxylic acids is 1. The van der Waals surface area contributed by atoms with Crippen LogP contribution >= 0.6 is 7.82 Å². The van der Waals surface area contributed by atoms with Crippen molar-refractivity contribution in [1.82, 2.24) is 0 Å². The Morgan fingerprint density at radius 1 is 0.673 bits per heavy atom. The maximum atomic E-state index is 12.6. The summed E-state index contributed by atoms with van der Waals surface area (Å²) in [4.78, 5) is 46.0. The maximum absolute atomic E-state index is 12.6. The van der Waals surface area contributed by atoms with Crippen LogP contribution in [-0.2, 0) is 42.2 Å². The molecule has 0 saturated carbocycles. The number of unbranched alkanes of at least 4 members (excludes halogenated alkanes) is 12. The molecule has 0 aliphatic carbocycles. The molecule has 55 heavy (non-hydrogen) atoms. The highest BCUT2D eigenvalue weighted by molar-refractivity contribution is 7.47. The number of carbonyl (C=O) groups is 3. The monoisotopic (exact) mass is 797 g/mol. The van der Waals surface area contributed by atoms with Crippen molar-refractivity contribution >= 4 is 25.7 Å². The van der Waals surface area contributed by atoms with Gasteiger partial charge in [-0.1, -0.05) is 114 Å². The average Bonchev–Trinajstić information content (AvgIpc) is 3.91. The molecule has 5 atom stereocenters. The van der Waals surface area contributed by atoms with Crippen molar-refractivity contribution in [2.24, 2.45) is 5.73 Å². The second kappa shape index (κ2) is 33.5. The molecule has 13 heteroatoms. The van der Waals surface area contributed by atoms with E-state index in [1.165, 1.54) is 44.9 Å². The first-order valence-electron chi connectivity index (χ1n) is 20.8. The van der Waals surface area contributed by atoms with Gasteiger partial charge < -0.3 is 29.9 Å². The van der Waals surface area contributed by atoms with Gasteiger partial charge in [0, 0.05) is 12.8 Å². The molecule has 0 aromatic carbocycles. The molecule has 1 rings (SSSR count). The number of carboxylic acid groups (broad SMARTS) is 1. The number of hydrogen-bond donors (Lipinski definition) is 3. The Balaban J connectivity index is 2.37. The van der Waals surface area contributed by atoms with Crippen LogP contribution in [0.4, 0.5) is 0 Å². The highest BCUT2D eigenvalue weighted by Crippen LogP contribution is 2.43. The molecule has 0 radical (unpaired) electrons. The number of nitrogens with two attached hydrogens (primary N) is 1. The Morgan fingerprint density at radius 3 is 1.87 bits per heavy atom. The molecule has 12 nitrogen and oxygen atoms in total. The molecule has 1 aliphatic heterocycles. The van der Waals surface area contributed by atoms with Gasteiger partial charge in [0.15, 0.2) is 6.10 Å². The van der Waals surface area contributed by atoms with Crippen LogP contribution in [0.5, 0.6) is 0 Å². The standard InChI is InChI=1S/C42H72NO11P/c1-3-5-7-9-11-13-15-17-19-21-23-25-27-31-41(45)53-36(34-51-55(48,49)52-35-37(43)42(46)47)33-50-40(44)32-28-30-39-38(54-39)29-26-24-22-20-18-16-14-12-10-8-6-4-2/h12-15,18,20,24,26,36-39H,3-11,16-17,19,21-23,25,27-35,43H2,1-2H3,(H,46,47)(H,48,49)/b14-12-,15-13-,20-18-,26-24-/t36-,37+,38?,39?/m1/s1. The number of carboxylic acids is 1. The molecule has 1 aliphatic rings. The highest BCUT2D eigenvalue weighted by Gasteiger charge is 2.36. The maximum Gasteiger partial charge on any atom is 0.472 e. The van der Waals surface area contributed by atoms with Gasteiger partial charge in [0.05, 0.1) is 25.4 Å². The Morgan fingerprint density at radius 2 is 1.20 bits per heavy atom. The lowest BCUT2D eigenvalue weighted by atomic mass is 10.1. The minimum atomic E-state index is -4.74. The summed E-state index contributed by atoms with van der Waals surface area (Å²) in [6, 6.07) is -1.53. The molecule has 0 aromatic rings. The molecule has 1 fully saturated rings. The van der Waals surface area contributed by atoms with Crippen LogP contribution in [0.1, 0.15) is 155 Å². The van der Waals surface area contributed by atoms with Crippen molar-refractivity contribution in [2.75, 3.05) is 19.8 Å². The number of phosphoric acid groups is 1. The summed E-state index contributed by atoms with van der Waals surface area (Å²) >= 11 is 0. The third-order valence-electron chi connectivity index (χ3n) is 8.97. The number of esters is 2. The summed E-state index contributed by atoms with van der Waals surface area (Å²) in [6.45, 7) is 2.65. The van der Waals surface area contributed by atoms with E-state index in [0.29, 0.717) is 19.3 Å². The van der Waals surface area contributed by atoms with Gasteiger partial charge in [0.1, 0.15) is 12.6 Å². The lowest BCUT2D eigenvalue weighted by molar-refractivity contribution is -0.161. The van der Waals surface area contributed by atoms with E-state index >= 15 is 0 Å². The number of carbonyl (C=O) groups excluding carboxylic acids is 2. The van der Waals surface area contributed by atoms with E-state index in [1.54, 1.807) is 0 Å². The Kier molecular flexibility index (Phi) is 30.7. The Labute approximate surface area is 330 Å². The number of hydrogen-bond acceptors (Lipinski definition) is 10. The Bertz CT molecular complexity index is 1190. The molecule has 3 unspecified atom stereocenters. The minimum Gasteiger partial charge on any atom is -0.480 e. The molecule has 0 spiro atoms. The summed E-state index contributed by atoms with van der Waals surface area (Å²) in [5, 5.41) is 8.88. The topological polar surface area (TPSA) is 184 Å². The predicted octanol–water partition coefficient (Wildman–Crippen LogP) is 9.60. The summed E-state index contributed by atoms with van der Waals surface area (Å²) in [5.74, 6) is -2.48. The van der Waals surface area contributed by atoms with Crippen LogP contribution in [0.3, 0.4) is 0 Å². The van der Waals surface area contributed by atoms with Crippen molar-refractivity contribution < 1.29 is 52.2 Å². The summed E-state index contributed by atoms with van der Waals surface area (Å²) < 4.78 is 38.4. The van der Waals surface area contributed by atoms with E-state index in [9.17, 15) is 23.8 Å². The van der Waals surface area contributed by atoms with Crippen LogP contribution in [0.25, 0.3) is 0 Å². The number of allylic oxidation sites excluding steroid dienone is 7. The molecule has 1 saturated heterocycles. The van der Waals surface area contributed by atoms with Crippen LogP contribution in [-0.4, -0.2) is 72.1 Å². The van der Waals surface area contributed by atoms with Gasteiger partial charge in [0.2, 0.25) is 0 Å². The number of phosphoric ester groups is 1. The van der Waals surface area contributed by atoms with E-state index in [0.717, 1.165) is 64.2 Å². The zero-order valence-corrected chi connectivity index (χ0v) is 34.6. The smallest absolute Gasteiger partial charge is 0.472 e. The van der Waals surface area contributed by atoms with Crippen LogP contribution in [0, 0.1) is 0 Å². The second-order valence-corrected chi connectivity index (χ2v) is 15.6. The van der Waals surface area contributed by atoms with E-state index < -0.39 is 51.1 Å². The molecule has 1 heterocycles. The number of ether oxygens (including phenoxy) is 3. The Hall–Kier alpha value is -2.60. The van der Waals surface area contributed by atoms with Gasteiger partial charge in [-0.15, -0.1) is 0 Å². The average molecular weight is 798 g/mol. The van der Waals surface area contributed by atoms with Gasteiger partial charge in [0.25, 0.3) is 0 Å². The van der Waals surface area contributed by atoms with Gasteiger partial charge in [-0.2, -0.15) is 0 Å². The zero-order chi connectivity index (χ0) is 40.4. The van der Waals surface area contributed by atoms with Crippen molar-refractivity contribution in [3.8, 4) is 0 Å². The third kappa shape index (κ3) is 31.2. The molecule has 4 N–H and O–H groups in total. The van der Waals surface area contributed by atoms with E-state index in [4.69, 9.17) is 29.6 Å². The second-order valence-electron chi connectivity index (χ2n) is 14.1. The van der Waals surface area contributed by atoms with Gasteiger partial charge in [-0.3, -0.25) is 23.4 Å². The van der Waals surface area contributed by atoms with Gasteiger partial charge in [-0.05, 0) is 77.0 Å². The molecular weight excluding hydrogens is 725 g/mol. The quantitative estimate of drug-likeness (QED) is 0.0178. The molecular formula is C42H72NO11P. The van der Waals surface area contributed by atoms with E-state index in [-0.39, 0.29) is 31.7 Å². The lowest BCUT2D eigenvalue weighted by Gasteiger charge is -2.20. The van der Waals surface area contributed by atoms with Crippen LogP contribution < -0.4 is 5.73 Å². The first-order valence-corrected chi connectivity index (χ1v) is 22.3. The SMILES string of the molecule is CCCCC/C=C\C/C=C\C/C=C\CC1OC1CCCC(=O)OC[C@H](COP(=O)(O)OC[C@H](N)C(=O)O)OC(=O)CCCCCCC/C=C\CCCCCC. The lowest BCUT2D eigenvalue weighted by Crippen LogP contribution is -2.34. The van der Waals surface area contributed by atoms with E-state index in [1.807, 2.05) is 0 Å². The van der Waals surface area contributed by atoms with Crippen molar-refractivity contribution in [1.29, 1.82) is 0 Å². The largest absolute Gasteiger partial charge is 0.480 e. The fraction of sp³-hybridized carbons (Fsp3) is 0.738. The normalized spacial score (nSPS) is 18.0. The number of epoxide rings is 1. The molecule has 316 valence electrons. The first-order chi connectivity index (χ1) is 26.6. The highest BCUT2D eigenvalue weighted by atomic mass is 31.2. The van der Waals surface area contributed by atoms with Gasteiger partial charge >= 0.3 is 25.7 Å². The third-order valence-corrected chi connectivity index (χ3v) is 9.92. The minimum absolute atomic E-state index is 0.0998. The molecule has 0 bridgehead atoms. The fourth-order valence-corrected chi connectivity index (χ4v) is 6.33. The van der Waals surface area contributed by atoms with Crippen molar-refractivity contribution in [2.45, 2.75) is 179 Å².